The summed E-state index contributed by atoms with van der Waals surface area (Å²) in [5, 5.41) is 36.8. The number of carbonyl (C=O) groups is 1. The van der Waals surface area contributed by atoms with E-state index in [1.165, 1.54) is 10.9 Å². The van der Waals surface area contributed by atoms with Crippen LogP contribution in [-0.4, -0.2) is 68.1 Å². The Bertz CT molecular complexity index is 382. The van der Waals surface area contributed by atoms with Crippen LogP contribution in [0.3, 0.4) is 0 Å². The van der Waals surface area contributed by atoms with Gasteiger partial charge in [0.05, 0.1) is 32.6 Å². The van der Waals surface area contributed by atoms with Crippen LogP contribution in [0.25, 0.3) is 0 Å². The number of rotatable bonds is 7. The lowest BCUT2D eigenvalue weighted by Crippen LogP contribution is -2.57. The van der Waals surface area contributed by atoms with Crippen LogP contribution < -0.4 is 11.1 Å². The third kappa shape index (κ3) is 3.23. The molecule has 0 unspecified atom stereocenters. The molecule has 0 bridgehead atoms. The van der Waals surface area contributed by atoms with Crippen LogP contribution in [0.4, 0.5) is 0 Å². The fraction of sp³-hybridized carbons (Fsp3) is 0.667. The highest BCUT2D eigenvalue weighted by Gasteiger charge is 2.31. The molecule has 0 saturated carbocycles. The molecule has 1 aromatic heterocycles. The van der Waals surface area contributed by atoms with Crippen molar-refractivity contribution in [3.05, 3.63) is 11.9 Å². The highest BCUT2D eigenvalue weighted by atomic mass is 16.3. The molecule has 1 rings (SSSR count). The molecule has 0 saturated heterocycles. The minimum atomic E-state index is -1.48. The third-order valence-electron chi connectivity index (χ3n) is 2.42. The maximum absolute atomic E-state index is 11.8. The fourth-order valence-corrected chi connectivity index (χ4v) is 1.22. The van der Waals surface area contributed by atoms with Gasteiger partial charge in [0.15, 0.2) is 5.69 Å². The van der Waals surface area contributed by atoms with Crippen molar-refractivity contribution < 1.29 is 20.1 Å². The molecule has 0 atom stereocenters. The second kappa shape index (κ2) is 6.40. The van der Waals surface area contributed by atoms with Gasteiger partial charge in [-0.2, -0.15) is 0 Å². The summed E-state index contributed by atoms with van der Waals surface area (Å²) in [6.07, 6.45) is 1.39. The van der Waals surface area contributed by atoms with Crippen molar-refractivity contribution in [3.8, 4) is 0 Å². The van der Waals surface area contributed by atoms with E-state index in [2.05, 4.69) is 15.6 Å². The summed E-state index contributed by atoms with van der Waals surface area (Å²) in [6, 6.07) is 0. The Hall–Kier alpha value is -1.55. The van der Waals surface area contributed by atoms with E-state index in [0.29, 0.717) is 13.1 Å². The van der Waals surface area contributed by atoms with E-state index in [1.807, 2.05) is 0 Å². The maximum atomic E-state index is 11.8. The first kappa shape index (κ1) is 14.5. The summed E-state index contributed by atoms with van der Waals surface area (Å²) >= 11 is 0. The van der Waals surface area contributed by atoms with Crippen molar-refractivity contribution in [2.24, 2.45) is 5.73 Å². The van der Waals surface area contributed by atoms with Gasteiger partial charge < -0.3 is 26.4 Å². The number of nitrogens with one attached hydrogen (secondary N) is 1. The van der Waals surface area contributed by atoms with Gasteiger partial charge in [-0.05, 0) is 0 Å². The molecular weight excluding hydrogens is 242 g/mol. The smallest absolute Gasteiger partial charge is 0.274 e. The normalized spacial score (nSPS) is 11.6. The van der Waals surface area contributed by atoms with Crippen molar-refractivity contribution in [2.45, 2.75) is 12.1 Å². The zero-order valence-electron chi connectivity index (χ0n) is 9.78. The predicted octanol–water partition coefficient (Wildman–Crippen LogP) is -3.32. The average Bonchev–Trinajstić information content (AvgIpc) is 2.85. The number of hydrogen-bond acceptors (Lipinski definition) is 7. The predicted molar refractivity (Wildman–Crippen MR) is 60.5 cm³/mol. The number of carbonyl (C=O) groups excluding carboxylic acids is 1. The molecule has 0 aliphatic carbocycles. The van der Waals surface area contributed by atoms with E-state index < -0.39 is 31.3 Å². The van der Waals surface area contributed by atoms with E-state index >= 15 is 0 Å². The fourth-order valence-electron chi connectivity index (χ4n) is 1.22. The van der Waals surface area contributed by atoms with Crippen LogP contribution >= 0.6 is 0 Å². The molecule has 0 fully saturated rings. The van der Waals surface area contributed by atoms with Crippen LogP contribution in [0.1, 0.15) is 10.5 Å². The van der Waals surface area contributed by atoms with Crippen LogP contribution in [0.5, 0.6) is 0 Å². The lowest BCUT2D eigenvalue weighted by atomic mass is 10.0. The standard InChI is InChI=1S/C9H17N5O4/c10-1-2-14-3-7(12-13-14)8(18)11-9(4-15,5-16)6-17/h3,15-17H,1-2,4-6,10H2,(H,11,18). The highest BCUT2D eigenvalue weighted by molar-refractivity contribution is 5.92. The van der Waals surface area contributed by atoms with Gasteiger partial charge in [-0.25, -0.2) is 0 Å². The Labute approximate surface area is 103 Å². The lowest BCUT2D eigenvalue weighted by Gasteiger charge is -2.28. The minimum absolute atomic E-state index is 0.0168. The van der Waals surface area contributed by atoms with E-state index in [-0.39, 0.29) is 5.69 Å². The Morgan fingerprint density at radius 2 is 2.00 bits per heavy atom. The molecular formula is C9H17N5O4. The van der Waals surface area contributed by atoms with Gasteiger partial charge in [0.25, 0.3) is 5.91 Å². The van der Waals surface area contributed by atoms with E-state index in [0.717, 1.165) is 0 Å². The van der Waals surface area contributed by atoms with Crippen molar-refractivity contribution in [1.29, 1.82) is 0 Å². The number of amides is 1. The number of nitrogens with two attached hydrogens (primary N) is 1. The van der Waals surface area contributed by atoms with Crippen LogP contribution in [0.15, 0.2) is 6.20 Å². The van der Waals surface area contributed by atoms with Gasteiger partial charge in [-0.15, -0.1) is 5.10 Å². The van der Waals surface area contributed by atoms with E-state index in [4.69, 9.17) is 21.1 Å². The molecule has 0 aliphatic rings. The van der Waals surface area contributed by atoms with Gasteiger partial charge in [0.2, 0.25) is 0 Å². The van der Waals surface area contributed by atoms with Gasteiger partial charge >= 0.3 is 0 Å². The Morgan fingerprint density at radius 1 is 1.39 bits per heavy atom. The molecule has 9 nitrogen and oxygen atoms in total. The number of aliphatic hydroxyl groups excluding tert-OH is 3. The molecule has 18 heavy (non-hydrogen) atoms. The molecule has 0 aromatic carbocycles. The summed E-state index contributed by atoms with van der Waals surface area (Å²) in [4.78, 5) is 11.8. The highest BCUT2D eigenvalue weighted by Crippen LogP contribution is 2.04. The minimum Gasteiger partial charge on any atom is -0.394 e. The van der Waals surface area contributed by atoms with Crippen LogP contribution in [0, 0.1) is 0 Å². The van der Waals surface area contributed by atoms with Crippen LogP contribution in [-0.2, 0) is 6.54 Å². The summed E-state index contributed by atoms with van der Waals surface area (Å²) in [5.74, 6) is -0.643. The average molecular weight is 259 g/mol. The van der Waals surface area contributed by atoms with Crippen molar-refractivity contribution >= 4 is 5.91 Å². The Kier molecular flexibility index (Phi) is 5.16. The maximum Gasteiger partial charge on any atom is 0.274 e. The summed E-state index contributed by atoms with van der Waals surface area (Å²) in [6.45, 7) is -1.00. The third-order valence-corrected chi connectivity index (χ3v) is 2.42. The largest absolute Gasteiger partial charge is 0.394 e. The van der Waals surface area contributed by atoms with Gasteiger partial charge in [0.1, 0.15) is 5.54 Å². The number of nitrogens with zero attached hydrogens (tertiary/aromatic N) is 3. The first-order valence-electron chi connectivity index (χ1n) is 5.36. The first-order valence-corrected chi connectivity index (χ1v) is 5.36. The molecule has 102 valence electrons. The molecule has 1 heterocycles. The molecule has 6 N–H and O–H groups in total. The SMILES string of the molecule is NCCn1cc(C(=O)NC(CO)(CO)CO)nn1. The van der Waals surface area contributed by atoms with Crippen molar-refractivity contribution in [1.82, 2.24) is 20.3 Å². The van der Waals surface area contributed by atoms with Gasteiger partial charge in [-0.3, -0.25) is 9.48 Å². The van der Waals surface area contributed by atoms with E-state index in [1.54, 1.807) is 0 Å². The zero-order chi connectivity index (χ0) is 13.6. The second-order valence-corrected chi connectivity index (χ2v) is 3.86. The zero-order valence-corrected chi connectivity index (χ0v) is 9.78. The monoisotopic (exact) mass is 259 g/mol. The quantitative estimate of drug-likeness (QED) is 0.344. The molecule has 0 spiro atoms. The molecule has 0 aliphatic heterocycles. The summed E-state index contributed by atoms with van der Waals surface area (Å²) in [5.41, 5.74) is 3.86. The number of aromatic nitrogens is 3. The molecule has 0 radical (unpaired) electrons. The Morgan fingerprint density at radius 3 is 2.50 bits per heavy atom. The topological polar surface area (TPSA) is 147 Å². The van der Waals surface area contributed by atoms with Gasteiger partial charge in [0, 0.05) is 6.54 Å². The van der Waals surface area contributed by atoms with Crippen LogP contribution in [0.2, 0.25) is 0 Å². The lowest BCUT2D eigenvalue weighted by molar-refractivity contribution is 0.0373. The van der Waals surface area contributed by atoms with Crippen molar-refractivity contribution in [2.75, 3.05) is 26.4 Å². The number of aliphatic hydroxyl groups is 3. The van der Waals surface area contributed by atoms with Gasteiger partial charge in [-0.1, -0.05) is 5.21 Å². The molecule has 9 heteroatoms. The van der Waals surface area contributed by atoms with E-state index in [9.17, 15) is 4.79 Å². The van der Waals surface area contributed by atoms with Crippen molar-refractivity contribution in [3.63, 3.8) is 0 Å². The molecule has 1 amide bonds. The molecule has 1 aromatic rings. The second-order valence-electron chi connectivity index (χ2n) is 3.86. The summed E-state index contributed by atoms with van der Waals surface area (Å²) in [7, 11) is 0. The first-order chi connectivity index (χ1) is 8.60. The Balaban J connectivity index is 2.74. The summed E-state index contributed by atoms with van der Waals surface area (Å²) < 4.78 is 1.40. The number of hydrogen-bond donors (Lipinski definition) is 5.